The van der Waals surface area contributed by atoms with Gasteiger partial charge in [0, 0.05) is 11.3 Å². The van der Waals surface area contributed by atoms with Crippen molar-refractivity contribution < 1.29 is 19.5 Å². The van der Waals surface area contributed by atoms with E-state index in [1.165, 1.54) is 18.3 Å². The summed E-state index contributed by atoms with van der Waals surface area (Å²) in [6.45, 7) is -0.449. The van der Waals surface area contributed by atoms with E-state index >= 15 is 0 Å². The lowest BCUT2D eigenvalue weighted by atomic mass is 10.2. The van der Waals surface area contributed by atoms with Crippen molar-refractivity contribution in [1.82, 2.24) is 14.9 Å². The number of aliphatic carboxylic acids is 1. The third kappa shape index (κ3) is 4.08. The van der Waals surface area contributed by atoms with Gasteiger partial charge in [0.15, 0.2) is 0 Å². The number of carbonyl (C=O) groups is 3. The van der Waals surface area contributed by atoms with E-state index in [1.54, 1.807) is 12.1 Å². The second-order valence-corrected chi connectivity index (χ2v) is 4.68. The van der Waals surface area contributed by atoms with Crippen molar-refractivity contribution in [1.29, 1.82) is 0 Å². The van der Waals surface area contributed by atoms with Gasteiger partial charge < -0.3 is 15.7 Å². The van der Waals surface area contributed by atoms with Crippen molar-refractivity contribution in [2.45, 2.75) is 0 Å². The summed E-state index contributed by atoms with van der Waals surface area (Å²) in [6, 6.07) is 6.06. The predicted octanol–water partition coefficient (Wildman–Crippen LogP) is 0.605. The van der Waals surface area contributed by atoms with Crippen LogP contribution in [0.4, 0.5) is 5.69 Å². The first kappa shape index (κ1) is 14.6. The number of nitrogens with zero attached hydrogens (tertiary/aromatic N) is 2. The zero-order chi connectivity index (χ0) is 15.2. The van der Waals surface area contributed by atoms with Crippen LogP contribution in [0.25, 0.3) is 0 Å². The zero-order valence-corrected chi connectivity index (χ0v) is 11.4. The molecule has 2 aromatic rings. The number of hydrogen-bond donors (Lipinski definition) is 3. The highest BCUT2D eigenvalue weighted by molar-refractivity contribution is 7.07. The van der Waals surface area contributed by atoms with Crippen molar-refractivity contribution in [3.8, 4) is 0 Å². The molecular formula is C12H10N4O4S. The summed E-state index contributed by atoms with van der Waals surface area (Å²) in [5, 5.41) is 16.9. The monoisotopic (exact) mass is 306 g/mol. The van der Waals surface area contributed by atoms with E-state index in [0.717, 1.165) is 11.5 Å². The second kappa shape index (κ2) is 6.57. The lowest BCUT2D eigenvalue weighted by Crippen LogP contribution is -2.29. The molecule has 1 aromatic carbocycles. The van der Waals surface area contributed by atoms with Gasteiger partial charge in [-0.25, -0.2) is 0 Å². The summed E-state index contributed by atoms with van der Waals surface area (Å²) in [5.41, 5.74) is 0.803. The molecular weight excluding hydrogens is 296 g/mol. The van der Waals surface area contributed by atoms with E-state index in [0.29, 0.717) is 16.1 Å². The Bertz CT molecular complexity index is 654. The van der Waals surface area contributed by atoms with Gasteiger partial charge in [0.1, 0.15) is 11.4 Å². The van der Waals surface area contributed by atoms with Crippen molar-refractivity contribution in [3.05, 3.63) is 40.9 Å². The SMILES string of the molecule is O=C(O)CNC(=O)c1ccc(NC(=O)c2cnns2)cc1. The number of amides is 2. The Labute approximate surface area is 123 Å². The second-order valence-electron chi connectivity index (χ2n) is 3.89. The van der Waals surface area contributed by atoms with Crippen molar-refractivity contribution in [2.75, 3.05) is 11.9 Å². The molecule has 8 nitrogen and oxygen atoms in total. The Morgan fingerprint density at radius 2 is 1.86 bits per heavy atom. The molecule has 0 spiro atoms. The standard InChI is InChI=1S/C12H10N4O4S/c17-10(18)6-13-11(19)7-1-3-8(4-2-7)15-12(20)9-5-14-16-21-9/h1-5H,6H2,(H,13,19)(H,15,20)(H,17,18). The van der Waals surface area contributed by atoms with Gasteiger partial charge in [-0.3, -0.25) is 14.4 Å². The quantitative estimate of drug-likeness (QED) is 0.744. The maximum Gasteiger partial charge on any atom is 0.322 e. The first-order valence-corrected chi connectivity index (χ1v) is 6.52. The smallest absolute Gasteiger partial charge is 0.322 e. The fraction of sp³-hybridized carbons (Fsp3) is 0.0833. The van der Waals surface area contributed by atoms with Gasteiger partial charge in [0.25, 0.3) is 11.8 Å². The maximum atomic E-state index is 11.7. The van der Waals surface area contributed by atoms with Gasteiger partial charge in [-0.2, -0.15) is 0 Å². The summed E-state index contributed by atoms with van der Waals surface area (Å²) in [7, 11) is 0. The Hall–Kier alpha value is -2.81. The van der Waals surface area contributed by atoms with Crippen LogP contribution in [0.3, 0.4) is 0 Å². The first-order valence-electron chi connectivity index (χ1n) is 5.75. The van der Waals surface area contributed by atoms with Crippen LogP contribution < -0.4 is 10.6 Å². The van der Waals surface area contributed by atoms with E-state index in [1.807, 2.05) is 0 Å². The first-order chi connectivity index (χ1) is 10.1. The summed E-state index contributed by atoms with van der Waals surface area (Å²) in [4.78, 5) is 34.1. The van der Waals surface area contributed by atoms with Crippen LogP contribution in [0.1, 0.15) is 20.0 Å². The van der Waals surface area contributed by atoms with Gasteiger partial charge in [0.2, 0.25) is 0 Å². The van der Waals surface area contributed by atoms with Gasteiger partial charge in [-0.05, 0) is 35.8 Å². The number of anilines is 1. The average Bonchev–Trinajstić information content (AvgIpc) is 3.00. The molecule has 1 heterocycles. The molecule has 0 bridgehead atoms. The molecule has 108 valence electrons. The highest BCUT2D eigenvalue weighted by atomic mass is 32.1. The van der Waals surface area contributed by atoms with E-state index in [-0.39, 0.29) is 5.91 Å². The molecule has 0 atom stereocenters. The topological polar surface area (TPSA) is 121 Å². The molecule has 9 heteroatoms. The van der Waals surface area contributed by atoms with Crippen LogP contribution in [0.15, 0.2) is 30.5 Å². The Balaban J connectivity index is 1.97. The molecule has 0 radical (unpaired) electrons. The minimum Gasteiger partial charge on any atom is -0.480 e. The predicted molar refractivity (Wildman–Crippen MR) is 74.3 cm³/mol. The Morgan fingerprint density at radius 1 is 1.14 bits per heavy atom. The number of carboxylic acid groups (broad SMARTS) is 1. The highest BCUT2D eigenvalue weighted by Gasteiger charge is 2.10. The molecule has 0 saturated carbocycles. The minimum absolute atomic E-state index is 0.300. The normalized spacial score (nSPS) is 9.90. The lowest BCUT2D eigenvalue weighted by Gasteiger charge is -2.05. The number of benzene rings is 1. The van der Waals surface area contributed by atoms with Gasteiger partial charge in [-0.15, -0.1) is 5.10 Å². The summed E-state index contributed by atoms with van der Waals surface area (Å²) >= 11 is 0.975. The third-order valence-corrected chi connectivity index (χ3v) is 3.05. The van der Waals surface area contributed by atoms with Crippen LogP contribution in [0, 0.1) is 0 Å². The number of carboxylic acids is 1. The molecule has 2 amide bonds. The molecule has 1 aromatic heterocycles. The van der Waals surface area contributed by atoms with Crippen LogP contribution in [-0.4, -0.2) is 39.0 Å². The zero-order valence-electron chi connectivity index (χ0n) is 10.6. The van der Waals surface area contributed by atoms with Crippen molar-refractivity contribution in [2.24, 2.45) is 0 Å². The van der Waals surface area contributed by atoms with E-state index in [9.17, 15) is 14.4 Å². The van der Waals surface area contributed by atoms with E-state index in [4.69, 9.17) is 5.11 Å². The fourth-order valence-corrected chi connectivity index (χ4v) is 1.83. The molecule has 0 aliphatic rings. The number of rotatable bonds is 5. The highest BCUT2D eigenvalue weighted by Crippen LogP contribution is 2.12. The van der Waals surface area contributed by atoms with Crippen LogP contribution in [0.2, 0.25) is 0 Å². The Kier molecular flexibility index (Phi) is 4.57. The largest absolute Gasteiger partial charge is 0.480 e. The molecule has 2 rings (SSSR count). The number of hydrogen-bond acceptors (Lipinski definition) is 6. The van der Waals surface area contributed by atoms with E-state index in [2.05, 4.69) is 20.2 Å². The van der Waals surface area contributed by atoms with Crippen LogP contribution >= 0.6 is 11.5 Å². The molecule has 0 fully saturated rings. The van der Waals surface area contributed by atoms with Gasteiger partial charge >= 0.3 is 5.97 Å². The van der Waals surface area contributed by atoms with Crippen LogP contribution in [0.5, 0.6) is 0 Å². The number of carbonyl (C=O) groups excluding carboxylic acids is 2. The number of nitrogens with one attached hydrogen (secondary N) is 2. The van der Waals surface area contributed by atoms with Crippen molar-refractivity contribution >= 4 is 35.0 Å². The lowest BCUT2D eigenvalue weighted by molar-refractivity contribution is -0.135. The van der Waals surface area contributed by atoms with Crippen molar-refractivity contribution in [3.63, 3.8) is 0 Å². The molecule has 0 aliphatic carbocycles. The van der Waals surface area contributed by atoms with Gasteiger partial charge in [0.05, 0.1) is 6.20 Å². The minimum atomic E-state index is -1.12. The van der Waals surface area contributed by atoms with E-state index < -0.39 is 18.4 Å². The molecule has 3 N–H and O–H groups in total. The fourth-order valence-electron chi connectivity index (χ4n) is 1.42. The maximum absolute atomic E-state index is 11.7. The third-order valence-electron chi connectivity index (χ3n) is 2.39. The molecule has 0 aliphatic heterocycles. The molecule has 21 heavy (non-hydrogen) atoms. The summed E-state index contributed by atoms with van der Waals surface area (Å²) < 4.78 is 3.59. The average molecular weight is 306 g/mol. The number of aromatic nitrogens is 2. The summed E-state index contributed by atoms with van der Waals surface area (Å²) in [5.74, 6) is -1.96. The van der Waals surface area contributed by atoms with Crippen LogP contribution in [-0.2, 0) is 4.79 Å². The van der Waals surface area contributed by atoms with Gasteiger partial charge in [-0.1, -0.05) is 4.49 Å². The Morgan fingerprint density at radius 3 is 2.43 bits per heavy atom. The molecule has 0 saturated heterocycles. The summed E-state index contributed by atoms with van der Waals surface area (Å²) in [6.07, 6.45) is 1.35. The molecule has 0 unspecified atom stereocenters.